The number of benzene rings is 1. The normalized spacial score (nSPS) is 11.2. The average Bonchev–Trinajstić information content (AvgIpc) is 2.86. The molecule has 0 saturated carbocycles. The van der Waals surface area contributed by atoms with Gasteiger partial charge >= 0.3 is 0 Å². The summed E-state index contributed by atoms with van der Waals surface area (Å²) in [6.45, 7) is 3.77. The third kappa shape index (κ3) is 2.38. The lowest BCUT2D eigenvalue weighted by atomic mass is 10.1. The van der Waals surface area contributed by atoms with Gasteiger partial charge in [-0.3, -0.25) is 4.98 Å². The Morgan fingerprint density at radius 1 is 1.32 bits per heavy atom. The molecule has 0 aliphatic rings. The summed E-state index contributed by atoms with van der Waals surface area (Å²) in [7, 11) is 4.11. The van der Waals surface area contributed by atoms with E-state index in [-0.39, 0.29) is 0 Å². The minimum atomic E-state index is 0.689. The highest BCUT2D eigenvalue weighted by atomic mass is 15.1. The highest BCUT2D eigenvalue weighted by Gasteiger charge is 2.19. The number of rotatable bonds is 4. The molecule has 0 bridgehead atoms. The Kier molecular flexibility index (Phi) is 3.70. The van der Waals surface area contributed by atoms with Crippen molar-refractivity contribution in [1.29, 1.82) is 5.26 Å². The van der Waals surface area contributed by atoms with Crippen molar-refractivity contribution < 1.29 is 4.40 Å². The van der Waals surface area contributed by atoms with Gasteiger partial charge in [-0.1, -0.05) is 12.1 Å². The van der Waals surface area contributed by atoms with Crippen molar-refractivity contribution in [2.45, 2.75) is 6.92 Å². The Labute approximate surface area is 129 Å². The topological polar surface area (TPSA) is 58.9 Å². The van der Waals surface area contributed by atoms with Crippen molar-refractivity contribution in [2.75, 3.05) is 32.5 Å². The first-order valence-electron chi connectivity index (χ1n) is 7.36. The number of nitriles is 1. The molecule has 2 heterocycles. The number of imidazole rings is 1. The fourth-order valence-corrected chi connectivity index (χ4v) is 2.71. The maximum Gasteiger partial charge on any atom is 0.250 e. The first kappa shape index (κ1) is 14.4. The molecule has 5 heteroatoms. The molecule has 0 spiro atoms. The second-order valence-electron chi connectivity index (χ2n) is 5.76. The van der Waals surface area contributed by atoms with Gasteiger partial charge in [0.05, 0.1) is 6.54 Å². The van der Waals surface area contributed by atoms with E-state index >= 15 is 0 Å². The highest BCUT2D eigenvalue weighted by Crippen LogP contribution is 2.19. The second-order valence-corrected chi connectivity index (χ2v) is 5.76. The van der Waals surface area contributed by atoms with Gasteiger partial charge in [-0.15, -0.1) is 0 Å². The summed E-state index contributed by atoms with van der Waals surface area (Å²) in [6, 6.07) is 12.5. The maximum absolute atomic E-state index is 9.47. The van der Waals surface area contributed by atoms with E-state index in [1.807, 2.05) is 31.2 Å². The fourth-order valence-electron chi connectivity index (χ4n) is 2.71. The Hall–Kier alpha value is -2.58. The summed E-state index contributed by atoms with van der Waals surface area (Å²) in [4.78, 5) is 5.51. The van der Waals surface area contributed by atoms with Gasteiger partial charge in [-0.2, -0.15) is 9.66 Å². The minimum Gasteiger partial charge on any atom is -0.306 e. The summed E-state index contributed by atoms with van der Waals surface area (Å²) < 4.78 is 2.09. The van der Waals surface area contributed by atoms with Crippen molar-refractivity contribution in [3.05, 3.63) is 41.5 Å². The van der Waals surface area contributed by atoms with Gasteiger partial charge < -0.3 is 10.2 Å². The molecule has 0 fully saturated rings. The van der Waals surface area contributed by atoms with Gasteiger partial charge in [0.15, 0.2) is 0 Å². The van der Waals surface area contributed by atoms with E-state index in [4.69, 9.17) is 0 Å². The van der Waals surface area contributed by atoms with Crippen LogP contribution < -0.4 is 9.72 Å². The van der Waals surface area contributed by atoms with E-state index in [0.717, 1.165) is 41.2 Å². The molecule has 3 rings (SSSR count). The Balaban J connectivity index is 2.21. The average molecular weight is 294 g/mol. The smallest absolute Gasteiger partial charge is 0.250 e. The molecule has 0 aliphatic carbocycles. The number of aryl methyl sites for hydroxylation is 1. The van der Waals surface area contributed by atoms with E-state index in [0.29, 0.717) is 5.56 Å². The van der Waals surface area contributed by atoms with Crippen LogP contribution in [0.3, 0.4) is 0 Å². The summed E-state index contributed by atoms with van der Waals surface area (Å²) in [6.07, 6.45) is 0. The first-order chi connectivity index (χ1) is 10.6. The van der Waals surface area contributed by atoms with Gasteiger partial charge in [-0.25, -0.2) is 0 Å². The van der Waals surface area contributed by atoms with Gasteiger partial charge in [-0.05, 0) is 38.7 Å². The minimum absolute atomic E-state index is 0.689. The van der Waals surface area contributed by atoms with Crippen molar-refractivity contribution in [2.24, 2.45) is 0 Å². The number of H-pyrrole nitrogens is 1. The van der Waals surface area contributed by atoms with Crippen LogP contribution in [0.1, 0.15) is 11.1 Å². The number of aromatic nitrogens is 2. The molecule has 3 aromatic rings. The van der Waals surface area contributed by atoms with Gasteiger partial charge in [0, 0.05) is 12.6 Å². The van der Waals surface area contributed by atoms with E-state index in [9.17, 15) is 5.26 Å². The third-order valence-electron chi connectivity index (χ3n) is 3.82. The van der Waals surface area contributed by atoms with Crippen LogP contribution in [-0.4, -0.2) is 37.1 Å². The standard InChI is InChI=1S/C17H19N5/c1-12-10-16(19-8-9-21(2)3)22-15-7-5-4-6-14(15)20-17(22)13(12)11-18/h4-7,10H,8-9H2,1-3H3,(H,19,20)/p+1. The van der Waals surface area contributed by atoms with Gasteiger partial charge in [0.2, 0.25) is 11.5 Å². The predicted molar refractivity (Wildman–Crippen MR) is 88.0 cm³/mol. The summed E-state index contributed by atoms with van der Waals surface area (Å²) >= 11 is 0. The largest absolute Gasteiger partial charge is 0.306 e. The zero-order valence-corrected chi connectivity index (χ0v) is 13.1. The molecule has 22 heavy (non-hydrogen) atoms. The van der Waals surface area contributed by atoms with Crippen LogP contribution in [0.5, 0.6) is 0 Å². The molecule has 0 saturated heterocycles. The summed E-state index contributed by atoms with van der Waals surface area (Å²) in [5.74, 6) is 1.01. The Morgan fingerprint density at radius 3 is 2.82 bits per heavy atom. The van der Waals surface area contributed by atoms with Crippen LogP contribution in [0.15, 0.2) is 30.3 Å². The second kappa shape index (κ2) is 5.66. The van der Waals surface area contributed by atoms with Crippen LogP contribution in [0.2, 0.25) is 0 Å². The molecule has 112 valence electrons. The molecule has 5 nitrogen and oxygen atoms in total. The van der Waals surface area contributed by atoms with Crippen LogP contribution in [0.4, 0.5) is 5.82 Å². The molecular formula is C17H20N5+. The lowest BCUT2D eigenvalue weighted by Gasteiger charge is -2.10. The number of fused-ring (bicyclic) bond motifs is 3. The van der Waals surface area contributed by atoms with E-state index in [1.54, 1.807) is 0 Å². The summed E-state index contributed by atoms with van der Waals surface area (Å²) in [5.41, 5.74) is 4.61. The van der Waals surface area contributed by atoms with Crippen LogP contribution >= 0.6 is 0 Å². The first-order valence-corrected chi connectivity index (χ1v) is 7.36. The SMILES string of the molecule is Cc1cc(NCCN(C)C)[n+]2c([nH]c3ccccc32)c1C#N. The molecule has 0 atom stereocenters. The van der Waals surface area contributed by atoms with Gasteiger partial charge in [0.25, 0.3) is 0 Å². The molecule has 2 N–H and O–H groups in total. The number of anilines is 1. The fraction of sp³-hybridized carbons (Fsp3) is 0.294. The molecular weight excluding hydrogens is 274 g/mol. The molecule has 0 amide bonds. The third-order valence-corrected chi connectivity index (χ3v) is 3.82. The number of hydrogen-bond acceptors (Lipinski definition) is 3. The molecule has 0 unspecified atom stereocenters. The Morgan fingerprint density at radius 2 is 2.09 bits per heavy atom. The maximum atomic E-state index is 9.47. The molecule has 0 radical (unpaired) electrons. The van der Waals surface area contributed by atoms with Crippen molar-refractivity contribution in [1.82, 2.24) is 9.88 Å². The van der Waals surface area contributed by atoms with Crippen molar-refractivity contribution in [3.8, 4) is 6.07 Å². The number of hydrogen-bond donors (Lipinski definition) is 2. The number of pyridine rings is 1. The number of likely N-dealkylation sites (N-methyl/N-ethyl adjacent to an activating group) is 1. The lowest BCUT2D eigenvalue weighted by molar-refractivity contribution is -0.465. The molecule has 1 aromatic carbocycles. The quantitative estimate of drug-likeness (QED) is 0.724. The molecule has 2 aromatic heterocycles. The van der Waals surface area contributed by atoms with Gasteiger partial charge in [0.1, 0.15) is 22.7 Å². The van der Waals surface area contributed by atoms with E-state index in [1.165, 1.54) is 0 Å². The number of nitrogens with one attached hydrogen (secondary N) is 2. The van der Waals surface area contributed by atoms with Crippen LogP contribution in [0.25, 0.3) is 16.7 Å². The van der Waals surface area contributed by atoms with Crippen molar-refractivity contribution in [3.63, 3.8) is 0 Å². The zero-order valence-electron chi connectivity index (χ0n) is 13.1. The predicted octanol–water partition coefficient (Wildman–Crippen LogP) is 2.06. The number of para-hydroxylation sites is 2. The highest BCUT2D eigenvalue weighted by molar-refractivity contribution is 5.77. The van der Waals surface area contributed by atoms with E-state index < -0.39 is 0 Å². The number of aromatic amines is 1. The van der Waals surface area contributed by atoms with Crippen molar-refractivity contribution >= 4 is 22.5 Å². The lowest BCUT2D eigenvalue weighted by Crippen LogP contribution is -2.30. The van der Waals surface area contributed by atoms with E-state index in [2.05, 4.69) is 45.8 Å². The molecule has 0 aliphatic heterocycles. The van der Waals surface area contributed by atoms with Crippen LogP contribution in [0, 0.1) is 18.3 Å². The number of nitrogens with zero attached hydrogens (tertiary/aromatic N) is 3. The van der Waals surface area contributed by atoms with Crippen LogP contribution in [-0.2, 0) is 0 Å². The monoisotopic (exact) mass is 294 g/mol. The summed E-state index contributed by atoms with van der Waals surface area (Å²) in [5, 5.41) is 13.0. The Bertz CT molecular complexity index is 870. The zero-order chi connectivity index (χ0) is 15.7.